The zero-order valence-corrected chi connectivity index (χ0v) is 24.8. The maximum absolute atomic E-state index is 14.0. The third kappa shape index (κ3) is 7.19. The van der Waals surface area contributed by atoms with Gasteiger partial charge in [-0.15, -0.1) is 0 Å². The Labute approximate surface area is 248 Å². The minimum atomic E-state index is -5.03. The highest BCUT2D eigenvalue weighted by molar-refractivity contribution is 5.88. The Bertz CT molecular complexity index is 1250. The van der Waals surface area contributed by atoms with Crippen molar-refractivity contribution in [1.29, 1.82) is 0 Å². The lowest BCUT2D eigenvalue weighted by molar-refractivity contribution is -0.144. The molecule has 43 heavy (non-hydrogen) atoms. The fraction of sp³-hybridized carbons (Fsp3) is 0.562. The van der Waals surface area contributed by atoms with Crippen molar-refractivity contribution in [2.45, 2.75) is 69.3 Å². The Morgan fingerprint density at radius 2 is 1.40 bits per heavy atom. The fourth-order valence-corrected chi connectivity index (χ4v) is 6.49. The van der Waals surface area contributed by atoms with Crippen molar-refractivity contribution in [3.63, 3.8) is 0 Å². The average Bonchev–Trinajstić information content (AvgIpc) is 3.41. The lowest BCUT2D eigenvalue weighted by Gasteiger charge is -2.36. The van der Waals surface area contributed by atoms with Crippen LogP contribution in [-0.4, -0.2) is 61.5 Å². The predicted octanol–water partition coefficient (Wildman–Crippen LogP) is 6.91. The average molecular weight is 613 g/mol. The van der Waals surface area contributed by atoms with Crippen LogP contribution in [0.3, 0.4) is 0 Å². The highest BCUT2D eigenvalue weighted by Crippen LogP contribution is 2.41. The first-order valence-corrected chi connectivity index (χ1v) is 14.4. The second-order valence-corrected chi connectivity index (χ2v) is 12.3. The summed E-state index contributed by atoms with van der Waals surface area (Å²) in [6.07, 6.45) is -6.82. The number of likely N-dealkylation sites (tertiary alicyclic amines) is 1. The zero-order valence-electron chi connectivity index (χ0n) is 24.8. The number of amides is 2. The Kier molecular flexibility index (Phi) is 9.54. The van der Waals surface area contributed by atoms with Crippen molar-refractivity contribution < 1.29 is 40.7 Å². The molecule has 1 aliphatic heterocycles. The largest absolute Gasteiger partial charge is 0.416 e. The first-order valence-electron chi connectivity index (χ1n) is 14.4. The van der Waals surface area contributed by atoms with Crippen molar-refractivity contribution in [2.75, 3.05) is 33.9 Å². The van der Waals surface area contributed by atoms with Gasteiger partial charge in [-0.3, -0.25) is 9.59 Å². The lowest BCUT2D eigenvalue weighted by atomic mass is 9.80. The van der Waals surface area contributed by atoms with E-state index in [1.807, 2.05) is 30.3 Å². The summed E-state index contributed by atoms with van der Waals surface area (Å²) < 4.78 is 86.8. The highest BCUT2D eigenvalue weighted by Gasteiger charge is 2.46. The maximum atomic E-state index is 14.0. The molecule has 11 heteroatoms. The van der Waals surface area contributed by atoms with Gasteiger partial charge in [-0.05, 0) is 74.8 Å². The number of hydrogen-bond donors (Lipinski definition) is 0. The molecule has 0 aromatic heterocycles. The molecule has 0 bridgehead atoms. The molecule has 0 unspecified atom stereocenters. The van der Waals surface area contributed by atoms with Gasteiger partial charge in [-0.1, -0.05) is 30.3 Å². The number of halogens is 6. The normalized spacial score (nSPS) is 23.3. The molecule has 0 radical (unpaired) electrons. The number of carbonyl (C=O) groups is 2. The van der Waals surface area contributed by atoms with Crippen molar-refractivity contribution in [3.05, 3.63) is 70.8 Å². The standard InChI is InChI=1S/C32H38F6N2O3/c1-30(2,23-14-24(31(33,34)35)16-25(15-23)32(36,37)38)29(42)39(3)27-18-40(17-26(27)21-8-6-5-7-9-21)28(41)22-12-10-20(11-13-22)19-43-4/h5-9,14-16,20,22,26-27H,10-13,17-19H2,1-4H3/t20?,22?,26-,27+/m0/s1. The van der Waals surface area contributed by atoms with Crippen LogP contribution >= 0.6 is 0 Å². The van der Waals surface area contributed by atoms with Gasteiger partial charge in [0.25, 0.3) is 0 Å². The van der Waals surface area contributed by atoms with Crippen LogP contribution in [0.25, 0.3) is 0 Å². The van der Waals surface area contributed by atoms with E-state index in [0.29, 0.717) is 31.2 Å². The van der Waals surface area contributed by atoms with Gasteiger partial charge in [-0.2, -0.15) is 26.3 Å². The molecule has 236 valence electrons. The third-order valence-corrected chi connectivity index (χ3v) is 9.09. The zero-order chi connectivity index (χ0) is 31.7. The van der Waals surface area contributed by atoms with Crippen LogP contribution in [0.15, 0.2) is 48.5 Å². The molecule has 2 amide bonds. The number of nitrogens with zero attached hydrogens (tertiary/aromatic N) is 2. The molecule has 0 spiro atoms. The van der Waals surface area contributed by atoms with E-state index in [-0.39, 0.29) is 35.9 Å². The number of hydrogen-bond acceptors (Lipinski definition) is 3. The van der Waals surface area contributed by atoms with E-state index < -0.39 is 40.8 Å². The van der Waals surface area contributed by atoms with Gasteiger partial charge >= 0.3 is 12.4 Å². The molecule has 2 aromatic carbocycles. The van der Waals surface area contributed by atoms with E-state index in [9.17, 15) is 35.9 Å². The second-order valence-electron chi connectivity index (χ2n) is 12.3. The van der Waals surface area contributed by atoms with Crippen LogP contribution in [-0.2, 0) is 32.1 Å². The molecule has 2 atom stereocenters. The van der Waals surface area contributed by atoms with Crippen LogP contribution in [0.4, 0.5) is 26.3 Å². The summed E-state index contributed by atoms with van der Waals surface area (Å²) in [5.74, 6) is -0.650. The molecular formula is C32H38F6N2O3. The molecule has 4 rings (SSSR count). The summed E-state index contributed by atoms with van der Waals surface area (Å²) in [5, 5.41) is 0. The van der Waals surface area contributed by atoms with Crippen LogP contribution in [0.2, 0.25) is 0 Å². The van der Waals surface area contributed by atoms with E-state index in [2.05, 4.69) is 0 Å². The molecule has 1 saturated heterocycles. The Morgan fingerprint density at radius 1 is 0.860 bits per heavy atom. The minimum absolute atomic E-state index is 0.00658. The van der Waals surface area contributed by atoms with Gasteiger partial charge in [0, 0.05) is 45.7 Å². The summed E-state index contributed by atoms with van der Waals surface area (Å²) in [6, 6.07) is 10.1. The quantitative estimate of drug-likeness (QED) is 0.320. The molecule has 1 heterocycles. The summed E-state index contributed by atoms with van der Waals surface area (Å²) >= 11 is 0. The van der Waals surface area contributed by atoms with Crippen molar-refractivity contribution in [2.24, 2.45) is 11.8 Å². The first kappa shape index (κ1) is 32.8. The second kappa shape index (κ2) is 12.5. The maximum Gasteiger partial charge on any atom is 0.416 e. The number of carbonyl (C=O) groups excluding carboxylic acids is 2. The van der Waals surface area contributed by atoms with E-state index in [0.717, 1.165) is 31.2 Å². The van der Waals surface area contributed by atoms with Crippen LogP contribution in [0, 0.1) is 11.8 Å². The number of likely N-dealkylation sites (N-methyl/N-ethyl adjacent to an activating group) is 1. The van der Waals surface area contributed by atoms with E-state index in [4.69, 9.17) is 4.74 Å². The van der Waals surface area contributed by atoms with Crippen LogP contribution in [0.1, 0.15) is 67.7 Å². The number of ether oxygens (including phenoxy) is 1. The lowest BCUT2D eigenvalue weighted by Crippen LogP contribution is -2.49. The molecule has 5 nitrogen and oxygen atoms in total. The molecule has 1 aliphatic carbocycles. The molecule has 2 aliphatic rings. The van der Waals surface area contributed by atoms with Gasteiger partial charge < -0.3 is 14.5 Å². The molecular weight excluding hydrogens is 574 g/mol. The molecule has 0 N–H and O–H groups in total. The van der Waals surface area contributed by atoms with Gasteiger partial charge in [0.2, 0.25) is 11.8 Å². The predicted molar refractivity (Wildman–Crippen MR) is 149 cm³/mol. The summed E-state index contributed by atoms with van der Waals surface area (Å²) in [4.78, 5) is 30.8. The van der Waals surface area contributed by atoms with Gasteiger partial charge in [0.1, 0.15) is 0 Å². The van der Waals surface area contributed by atoms with Crippen LogP contribution in [0.5, 0.6) is 0 Å². The van der Waals surface area contributed by atoms with E-state index in [1.54, 1.807) is 12.0 Å². The minimum Gasteiger partial charge on any atom is -0.384 e. The van der Waals surface area contributed by atoms with Crippen molar-refractivity contribution in [3.8, 4) is 0 Å². The fourth-order valence-electron chi connectivity index (χ4n) is 6.49. The van der Waals surface area contributed by atoms with Gasteiger partial charge in [0.05, 0.1) is 22.6 Å². The van der Waals surface area contributed by atoms with E-state index in [1.165, 1.54) is 25.8 Å². The number of alkyl halides is 6. The van der Waals surface area contributed by atoms with Gasteiger partial charge in [0.15, 0.2) is 0 Å². The molecule has 2 aromatic rings. The van der Waals surface area contributed by atoms with Gasteiger partial charge in [-0.25, -0.2) is 0 Å². The first-order chi connectivity index (χ1) is 20.0. The smallest absolute Gasteiger partial charge is 0.384 e. The summed E-state index contributed by atoms with van der Waals surface area (Å²) in [7, 11) is 3.17. The van der Waals surface area contributed by atoms with Crippen molar-refractivity contribution in [1.82, 2.24) is 9.80 Å². The molecule has 2 fully saturated rings. The summed E-state index contributed by atoms with van der Waals surface area (Å²) in [5.41, 5.74) is -4.17. The number of rotatable bonds is 7. The van der Waals surface area contributed by atoms with E-state index >= 15 is 0 Å². The third-order valence-electron chi connectivity index (χ3n) is 9.09. The number of benzene rings is 2. The Hall–Kier alpha value is -3.08. The monoisotopic (exact) mass is 612 g/mol. The Balaban J connectivity index is 1.62. The highest BCUT2D eigenvalue weighted by atomic mass is 19.4. The summed E-state index contributed by atoms with van der Waals surface area (Å²) in [6.45, 7) is 3.88. The SMILES string of the molecule is COCC1CCC(C(=O)N2C[C@@H](N(C)C(=O)C(C)(C)c3cc(C(F)(F)F)cc(C(F)(F)F)c3)[C@H](c3ccccc3)C2)CC1. The van der Waals surface area contributed by atoms with Crippen molar-refractivity contribution >= 4 is 11.8 Å². The molecule has 1 saturated carbocycles. The number of methoxy groups -OCH3 is 1. The van der Waals surface area contributed by atoms with Crippen LogP contribution < -0.4 is 0 Å². The Morgan fingerprint density at radius 3 is 1.91 bits per heavy atom. The topological polar surface area (TPSA) is 49.9 Å².